The monoisotopic (exact) mass is 467 g/mol. The van der Waals surface area contributed by atoms with Gasteiger partial charge in [-0.15, -0.1) is 0 Å². The van der Waals surface area contributed by atoms with E-state index in [1.54, 1.807) is 24.8 Å². The fourth-order valence-electron chi connectivity index (χ4n) is 5.63. The number of nitro groups is 1. The maximum absolute atomic E-state index is 13.9. The van der Waals surface area contributed by atoms with Crippen molar-refractivity contribution in [3.05, 3.63) is 63.7 Å². The van der Waals surface area contributed by atoms with E-state index in [4.69, 9.17) is 0 Å². The number of para-hydroxylation sites is 1. The molecule has 4 atom stereocenters. The molecule has 2 aromatic rings. The Balaban J connectivity index is 1.66. The summed E-state index contributed by atoms with van der Waals surface area (Å²) in [6.45, 7) is 1.71. The highest BCUT2D eigenvalue weighted by atomic mass is 32.2. The zero-order valence-electron chi connectivity index (χ0n) is 18.1. The summed E-state index contributed by atoms with van der Waals surface area (Å²) >= 11 is 1.64. The number of hydrogen-bond acceptors (Lipinski definition) is 6. The van der Waals surface area contributed by atoms with E-state index >= 15 is 0 Å². The van der Waals surface area contributed by atoms with E-state index in [9.17, 15) is 24.5 Å². The second-order valence-electron chi connectivity index (χ2n) is 8.72. The predicted molar refractivity (Wildman–Crippen MR) is 123 cm³/mol. The van der Waals surface area contributed by atoms with Crippen molar-refractivity contribution >= 4 is 46.5 Å². The SMILES string of the molecule is CSCC[C@@H]1[NH2+][C@@]2(C(=O)Nc3ccccc32)[C@@H]2C(=O)N(c3cc([N+](=O)[O-])ccc3C)C(=O)[C@@H]12. The third-order valence-electron chi connectivity index (χ3n) is 7.08. The minimum absolute atomic E-state index is 0.197. The zero-order valence-corrected chi connectivity index (χ0v) is 18.9. The number of imide groups is 1. The molecule has 0 aromatic heterocycles. The molecule has 3 aliphatic rings. The van der Waals surface area contributed by atoms with Gasteiger partial charge in [-0.3, -0.25) is 24.5 Å². The molecule has 0 saturated carbocycles. The number of rotatable bonds is 5. The number of fused-ring (bicyclic) bond motifs is 4. The van der Waals surface area contributed by atoms with Gasteiger partial charge in [0.1, 0.15) is 17.9 Å². The van der Waals surface area contributed by atoms with Crippen molar-refractivity contribution in [3.63, 3.8) is 0 Å². The van der Waals surface area contributed by atoms with Crippen LogP contribution in [0.25, 0.3) is 0 Å². The van der Waals surface area contributed by atoms with Crippen LogP contribution >= 0.6 is 11.8 Å². The smallest absolute Gasteiger partial charge is 0.291 e. The van der Waals surface area contributed by atoms with Gasteiger partial charge in [0, 0.05) is 24.1 Å². The van der Waals surface area contributed by atoms with Crippen molar-refractivity contribution in [2.75, 3.05) is 22.2 Å². The lowest BCUT2D eigenvalue weighted by molar-refractivity contribution is -0.733. The Morgan fingerprint density at radius 2 is 1.94 bits per heavy atom. The van der Waals surface area contributed by atoms with Crippen LogP contribution in [0.2, 0.25) is 0 Å². The number of nitrogens with two attached hydrogens (primary N) is 1. The Labute approximate surface area is 194 Å². The summed E-state index contributed by atoms with van der Waals surface area (Å²) in [6, 6.07) is 11.1. The van der Waals surface area contributed by atoms with E-state index in [0.717, 1.165) is 10.7 Å². The highest BCUT2D eigenvalue weighted by Crippen LogP contribution is 2.50. The molecule has 3 heterocycles. The number of benzene rings is 2. The van der Waals surface area contributed by atoms with Crippen LogP contribution in [0.15, 0.2) is 42.5 Å². The van der Waals surface area contributed by atoms with Gasteiger partial charge in [0.15, 0.2) is 0 Å². The Morgan fingerprint density at radius 1 is 1.18 bits per heavy atom. The van der Waals surface area contributed by atoms with Gasteiger partial charge in [-0.2, -0.15) is 11.8 Å². The zero-order chi connectivity index (χ0) is 23.5. The van der Waals surface area contributed by atoms with Crippen LogP contribution in [-0.2, 0) is 19.9 Å². The van der Waals surface area contributed by atoms with Gasteiger partial charge < -0.3 is 10.6 Å². The van der Waals surface area contributed by atoms with E-state index in [2.05, 4.69) is 5.32 Å². The number of quaternary nitrogens is 1. The molecule has 33 heavy (non-hydrogen) atoms. The number of nitro benzene ring substituents is 1. The second kappa shape index (κ2) is 7.67. The van der Waals surface area contributed by atoms with Crippen molar-refractivity contribution < 1.29 is 24.6 Å². The summed E-state index contributed by atoms with van der Waals surface area (Å²) in [5, 5.41) is 16.2. The molecule has 1 spiro atoms. The number of anilines is 2. The van der Waals surface area contributed by atoms with E-state index in [0.29, 0.717) is 23.2 Å². The minimum Gasteiger partial charge on any atom is -0.326 e. The highest BCUT2D eigenvalue weighted by molar-refractivity contribution is 7.98. The normalized spacial score (nSPS) is 27.8. The van der Waals surface area contributed by atoms with Gasteiger partial charge >= 0.3 is 0 Å². The summed E-state index contributed by atoms with van der Waals surface area (Å²) in [5.41, 5.74) is 0.706. The lowest BCUT2D eigenvalue weighted by atomic mass is 9.76. The van der Waals surface area contributed by atoms with Crippen LogP contribution in [0.3, 0.4) is 0 Å². The Hall–Kier alpha value is -3.24. The van der Waals surface area contributed by atoms with Crippen LogP contribution in [0.1, 0.15) is 17.5 Å². The lowest BCUT2D eigenvalue weighted by Gasteiger charge is -2.26. The fraction of sp³-hybridized carbons (Fsp3) is 0.348. The van der Waals surface area contributed by atoms with Crippen LogP contribution in [0, 0.1) is 28.9 Å². The summed E-state index contributed by atoms with van der Waals surface area (Å²) in [6.07, 6.45) is 2.63. The van der Waals surface area contributed by atoms with E-state index in [1.165, 1.54) is 18.2 Å². The Kier molecular flexibility index (Phi) is 5.02. The molecule has 0 radical (unpaired) electrons. The average Bonchev–Trinajstić information content (AvgIpc) is 3.37. The summed E-state index contributed by atoms with van der Waals surface area (Å²) < 4.78 is 0. The first-order valence-corrected chi connectivity index (χ1v) is 12.1. The molecule has 0 bridgehead atoms. The molecule has 2 fully saturated rings. The number of carbonyl (C=O) groups excluding carboxylic acids is 3. The molecule has 3 N–H and O–H groups in total. The van der Waals surface area contributed by atoms with Crippen LogP contribution < -0.4 is 15.5 Å². The molecule has 2 aromatic carbocycles. The molecule has 9 nitrogen and oxygen atoms in total. The third-order valence-corrected chi connectivity index (χ3v) is 7.72. The van der Waals surface area contributed by atoms with Crippen LogP contribution in [0.5, 0.6) is 0 Å². The summed E-state index contributed by atoms with van der Waals surface area (Å²) in [4.78, 5) is 52.9. The van der Waals surface area contributed by atoms with E-state index in [-0.39, 0.29) is 23.3 Å². The highest BCUT2D eigenvalue weighted by Gasteiger charge is 2.74. The predicted octanol–water partition coefficient (Wildman–Crippen LogP) is 1.56. The van der Waals surface area contributed by atoms with Gasteiger partial charge in [0.25, 0.3) is 11.6 Å². The molecule has 3 aliphatic heterocycles. The number of non-ortho nitro benzene ring substituents is 1. The van der Waals surface area contributed by atoms with Gasteiger partial charge in [0.2, 0.25) is 17.4 Å². The molecular formula is C23H23N4O5S+. The van der Waals surface area contributed by atoms with Crippen molar-refractivity contribution in [3.8, 4) is 0 Å². The lowest BCUT2D eigenvalue weighted by Crippen LogP contribution is -2.99. The average molecular weight is 468 g/mol. The first-order chi connectivity index (χ1) is 15.8. The van der Waals surface area contributed by atoms with Crippen molar-refractivity contribution in [2.24, 2.45) is 11.8 Å². The maximum atomic E-state index is 13.9. The summed E-state index contributed by atoms with van der Waals surface area (Å²) in [7, 11) is 0. The number of hydrogen-bond donors (Lipinski definition) is 2. The van der Waals surface area contributed by atoms with Gasteiger partial charge in [0.05, 0.1) is 16.3 Å². The molecule has 170 valence electrons. The van der Waals surface area contributed by atoms with Gasteiger partial charge in [-0.25, -0.2) is 4.90 Å². The number of carbonyl (C=O) groups is 3. The quantitative estimate of drug-likeness (QED) is 0.390. The second-order valence-corrected chi connectivity index (χ2v) is 9.71. The van der Waals surface area contributed by atoms with Crippen molar-refractivity contribution in [1.29, 1.82) is 0 Å². The third kappa shape index (κ3) is 2.94. The Bertz CT molecular complexity index is 1220. The standard InChI is InChI=1S/C23H22N4O5S/c1-12-7-8-13(27(31)32)11-17(12)26-20(28)18-16(9-10-33-2)25-23(19(18)21(26)29)14-5-3-4-6-15(14)24-22(23)30/h3-8,11,16,18-19,25H,9-10H2,1-2H3,(H,24,30)/p+1/t16-,18-,19-,23+/m0/s1. The molecule has 2 saturated heterocycles. The number of aryl methyl sites for hydroxylation is 1. The molecule has 0 aliphatic carbocycles. The van der Waals surface area contributed by atoms with E-state index in [1.807, 2.05) is 29.8 Å². The van der Waals surface area contributed by atoms with Crippen LogP contribution in [0.4, 0.5) is 17.1 Å². The Morgan fingerprint density at radius 3 is 2.67 bits per heavy atom. The first kappa shape index (κ1) is 21.6. The number of nitrogens with one attached hydrogen (secondary N) is 1. The maximum Gasteiger partial charge on any atom is 0.291 e. The van der Waals surface area contributed by atoms with Gasteiger partial charge in [-0.1, -0.05) is 24.3 Å². The number of thioether (sulfide) groups is 1. The largest absolute Gasteiger partial charge is 0.326 e. The molecule has 10 heteroatoms. The first-order valence-electron chi connectivity index (χ1n) is 10.7. The van der Waals surface area contributed by atoms with Crippen LogP contribution in [-0.4, -0.2) is 40.7 Å². The number of amides is 3. The number of nitrogens with zero attached hydrogens (tertiary/aromatic N) is 2. The molecule has 3 amide bonds. The van der Waals surface area contributed by atoms with Gasteiger partial charge in [-0.05, 0) is 30.6 Å². The van der Waals surface area contributed by atoms with Crippen molar-refractivity contribution in [1.82, 2.24) is 0 Å². The minimum atomic E-state index is -1.24. The summed E-state index contributed by atoms with van der Waals surface area (Å²) in [5.74, 6) is -1.99. The van der Waals surface area contributed by atoms with Crippen molar-refractivity contribution in [2.45, 2.75) is 24.9 Å². The molecule has 5 rings (SSSR count). The topological polar surface area (TPSA) is 126 Å². The molecular weight excluding hydrogens is 444 g/mol. The molecule has 0 unspecified atom stereocenters. The fourth-order valence-corrected chi connectivity index (χ4v) is 6.14. The van der Waals surface area contributed by atoms with E-state index < -0.39 is 34.1 Å².